The van der Waals surface area contributed by atoms with Crippen molar-refractivity contribution in [3.63, 3.8) is 0 Å². The van der Waals surface area contributed by atoms with Crippen LogP contribution < -0.4 is 5.32 Å². The van der Waals surface area contributed by atoms with Gasteiger partial charge in [0.05, 0.1) is 0 Å². The Labute approximate surface area is 154 Å². The van der Waals surface area contributed by atoms with Gasteiger partial charge in [-0.1, -0.05) is 78.0 Å². The molecule has 0 heterocycles. The Kier molecular flexibility index (Phi) is 7.53. The lowest BCUT2D eigenvalue weighted by atomic mass is 9.67. The van der Waals surface area contributed by atoms with Gasteiger partial charge in [0.1, 0.15) is 0 Å². The first-order valence-corrected chi connectivity index (χ1v) is 10.4. The number of carbonyl (C=O) groups is 1. The molecule has 0 aromatic heterocycles. The fourth-order valence-corrected chi connectivity index (χ4v) is 4.40. The van der Waals surface area contributed by atoms with Crippen molar-refractivity contribution < 1.29 is 4.79 Å². The Morgan fingerprint density at radius 3 is 2.32 bits per heavy atom. The highest BCUT2D eigenvalue weighted by Gasteiger charge is 2.40. The molecule has 1 aliphatic carbocycles. The van der Waals surface area contributed by atoms with Crippen LogP contribution in [0.1, 0.15) is 84.6 Å². The van der Waals surface area contributed by atoms with Gasteiger partial charge in [0.25, 0.3) is 0 Å². The van der Waals surface area contributed by atoms with E-state index in [0.29, 0.717) is 11.8 Å². The van der Waals surface area contributed by atoms with Gasteiger partial charge in [-0.3, -0.25) is 4.79 Å². The Morgan fingerprint density at radius 1 is 1.08 bits per heavy atom. The van der Waals surface area contributed by atoms with Crippen LogP contribution in [0.3, 0.4) is 0 Å². The highest BCUT2D eigenvalue weighted by Crippen LogP contribution is 2.44. The van der Waals surface area contributed by atoms with E-state index < -0.39 is 0 Å². The second kappa shape index (κ2) is 9.40. The molecule has 0 spiro atoms. The zero-order valence-corrected chi connectivity index (χ0v) is 16.7. The molecular formula is C23H37NO. The third-order valence-corrected chi connectivity index (χ3v) is 6.02. The predicted molar refractivity (Wildman–Crippen MR) is 108 cm³/mol. The molecule has 2 nitrogen and oxygen atoms in total. The SMILES string of the molecule is CCC(CC)CC1(C(=O)Nc2ccccc2CC(C)C)CCCCC1. The molecule has 1 aromatic rings. The molecule has 1 fully saturated rings. The lowest BCUT2D eigenvalue weighted by molar-refractivity contribution is -0.128. The fourth-order valence-electron chi connectivity index (χ4n) is 4.40. The van der Waals surface area contributed by atoms with Crippen LogP contribution in [0.4, 0.5) is 5.69 Å². The molecule has 0 saturated heterocycles. The molecule has 0 aliphatic heterocycles. The van der Waals surface area contributed by atoms with E-state index in [1.165, 1.54) is 37.7 Å². The number of nitrogens with one attached hydrogen (secondary N) is 1. The first kappa shape index (κ1) is 20.0. The number of rotatable bonds is 8. The second-order valence-corrected chi connectivity index (χ2v) is 8.44. The summed E-state index contributed by atoms with van der Waals surface area (Å²) in [6, 6.07) is 8.34. The quantitative estimate of drug-likeness (QED) is 0.566. The highest BCUT2D eigenvalue weighted by molar-refractivity contribution is 5.96. The fraction of sp³-hybridized carbons (Fsp3) is 0.696. The molecule has 1 aromatic carbocycles. The number of amides is 1. The van der Waals surface area contributed by atoms with Gasteiger partial charge in [-0.25, -0.2) is 0 Å². The summed E-state index contributed by atoms with van der Waals surface area (Å²) in [7, 11) is 0. The summed E-state index contributed by atoms with van der Waals surface area (Å²) in [5, 5.41) is 3.34. The van der Waals surface area contributed by atoms with E-state index in [0.717, 1.165) is 31.4 Å². The van der Waals surface area contributed by atoms with Gasteiger partial charge in [0.15, 0.2) is 0 Å². The smallest absolute Gasteiger partial charge is 0.230 e. The molecule has 1 amide bonds. The van der Waals surface area contributed by atoms with E-state index in [9.17, 15) is 4.79 Å². The molecule has 0 atom stereocenters. The Balaban J connectivity index is 2.20. The number of carbonyl (C=O) groups excluding carboxylic acids is 1. The molecular weight excluding hydrogens is 306 g/mol. The number of hydrogen-bond donors (Lipinski definition) is 1. The normalized spacial score (nSPS) is 17.0. The van der Waals surface area contributed by atoms with E-state index >= 15 is 0 Å². The van der Waals surface area contributed by atoms with E-state index in [4.69, 9.17) is 0 Å². The van der Waals surface area contributed by atoms with Crippen molar-refractivity contribution in [2.75, 3.05) is 5.32 Å². The van der Waals surface area contributed by atoms with Gasteiger partial charge in [-0.05, 0) is 49.1 Å². The first-order valence-electron chi connectivity index (χ1n) is 10.4. The summed E-state index contributed by atoms with van der Waals surface area (Å²) >= 11 is 0. The summed E-state index contributed by atoms with van der Waals surface area (Å²) in [6.45, 7) is 8.99. The van der Waals surface area contributed by atoms with E-state index in [2.05, 4.69) is 51.2 Å². The maximum Gasteiger partial charge on any atom is 0.230 e. The lowest BCUT2D eigenvalue weighted by Gasteiger charge is -2.38. The zero-order chi connectivity index (χ0) is 18.3. The van der Waals surface area contributed by atoms with Gasteiger partial charge in [-0.2, -0.15) is 0 Å². The summed E-state index contributed by atoms with van der Waals surface area (Å²) in [5.41, 5.74) is 2.13. The maximum absolute atomic E-state index is 13.4. The van der Waals surface area contributed by atoms with Crippen molar-refractivity contribution in [3.8, 4) is 0 Å². The minimum Gasteiger partial charge on any atom is -0.325 e. The first-order chi connectivity index (χ1) is 12.0. The Morgan fingerprint density at radius 2 is 1.72 bits per heavy atom. The van der Waals surface area contributed by atoms with Crippen LogP contribution >= 0.6 is 0 Å². The maximum atomic E-state index is 13.4. The number of benzene rings is 1. The number of hydrogen-bond acceptors (Lipinski definition) is 1. The van der Waals surface area contributed by atoms with Gasteiger partial charge >= 0.3 is 0 Å². The molecule has 140 valence electrons. The van der Waals surface area contributed by atoms with Crippen LogP contribution in [0.15, 0.2) is 24.3 Å². The highest BCUT2D eigenvalue weighted by atomic mass is 16.2. The average molecular weight is 344 g/mol. The van der Waals surface area contributed by atoms with Gasteiger partial charge in [-0.15, -0.1) is 0 Å². The molecule has 2 heteroatoms. The summed E-state index contributed by atoms with van der Waals surface area (Å²) in [6.07, 6.45) is 10.2. The molecule has 1 N–H and O–H groups in total. The minimum atomic E-state index is -0.153. The molecule has 0 bridgehead atoms. The predicted octanol–water partition coefficient (Wildman–Crippen LogP) is 6.60. The average Bonchev–Trinajstić information content (AvgIpc) is 2.61. The lowest BCUT2D eigenvalue weighted by Crippen LogP contribution is -2.39. The van der Waals surface area contributed by atoms with Crippen molar-refractivity contribution in [1.29, 1.82) is 0 Å². The third-order valence-electron chi connectivity index (χ3n) is 6.02. The van der Waals surface area contributed by atoms with Crippen LogP contribution in [0.2, 0.25) is 0 Å². The zero-order valence-electron chi connectivity index (χ0n) is 16.7. The van der Waals surface area contributed by atoms with E-state index in [-0.39, 0.29) is 11.3 Å². The van der Waals surface area contributed by atoms with Crippen LogP contribution in [-0.2, 0) is 11.2 Å². The number of para-hydroxylation sites is 1. The van der Waals surface area contributed by atoms with Crippen LogP contribution in [-0.4, -0.2) is 5.91 Å². The Hall–Kier alpha value is -1.31. The van der Waals surface area contributed by atoms with Crippen molar-refractivity contribution in [2.45, 2.75) is 85.5 Å². The minimum absolute atomic E-state index is 0.153. The van der Waals surface area contributed by atoms with Crippen LogP contribution in [0, 0.1) is 17.3 Å². The molecule has 2 rings (SSSR count). The monoisotopic (exact) mass is 343 g/mol. The number of anilines is 1. The molecule has 1 saturated carbocycles. The third kappa shape index (κ3) is 5.33. The molecule has 0 unspecified atom stereocenters. The Bertz CT molecular complexity index is 539. The van der Waals surface area contributed by atoms with Crippen molar-refractivity contribution in [3.05, 3.63) is 29.8 Å². The summed E-state index contributed by atoms with van der Waals surface area (Å²) < 4.78 is 0. The summed E-state index contributed by atoms with van der Waals surface area (Å²) in [4.78, 5) is 13.4. The standard InChI is InChI=1S/C23H37NO/c1-5-19(6-2)17-23(14-10-7-11-15-23)22(25)24-21-13-9-8-12-20(21)16-18(3)4/h8-9,12-13,18-19H,5-7,10-11,14-17H2,1-4H3,(H,24,25). The van der Waals surface area contributed by atoms with Gasteiger partial charge in [0.2, 0.25) is 5.91 Å². The van der Waals surface area contributed by atoms with Gasteiger partial charge in [0, 0.05) is 11.1 Å². The van der Waals surface area contributed by atoms with Crippen molar-refractivity contribution >= 4 is 11.6 Å². The molecule has 1 aliphatic rings. The topological polar surface area (TPSA) is 29.1 Å². The van der Waals surface area contributed by atoms with Crippen LogP contribution in [0.5, 0.6) is 0 Å². The van der Waals surface area contributed by atoms with E-state index in [1.807, 2.05) is 6.07 Å². The summed E-state index contributed by atoms with van der Waals surface area (Å²) in [5.74, 6) is 1.52. The van der Waals surface area contributed by atoms with Crippen molar-refractivity contribution in [2.24, 2.45) is 17.3 Å². The molecule has 25 heavy (non-hydrogen) atoms. The van der Waals surface area contributed by atoms with Crippen molar-refractivity contribution in [1.82, 2.24) is 0 Å². The van der Waals surface area contributed by atoms with E-state index in [1.54, 1.807) is 0 Å². The second-order valence-electron chi connectivity index (χ2n) is 8.44. The molecule has 0 radical (unpaired) electrons. The van der Waals surface area contributed by atoms with Gasteiger partial charge < -0.3 is 5.32 Å². The largest absolute Gasteiger partial charge is 0.325 e. The van der Waals surface area contributed by atoms with Crippen LogP contribution in [0.25, 0.3) is 0 Å².